The monoisotopic (exact) mass is 202 g/mol. The van der Waals surface area contributed by atoms with Gasteiger partial charge in [0.15, 0.2) is 0 Å². The first-order valence-electron chi connectivity index (χ1n) is 5.47. The second-order valence-corrected chi connectivity index (χ2v) is 3.49. The lowest BCUT2D eigenvalue weighted by atomic mass is 10.1. The molecule has 0 unspecified atom stereocenters. The minimum atomic E-state index is 0.476. The Labute approximate surface area is 91.4 Å². The lowest BCUT2D eigenvalue weighted by Crippen LogP contribution is -1.91. The van der Waals surface area contributed by atoms with E-state index in [0.717, 1.165) is 11.1 Å². The average molecular weight is 202 g/mol. The summed E-state index contributed by atoms with van der Waals surface area (Å²) in [7, 11) is 0. The zero-order chi connectivity index (χ0) is 11.3. The Kier molecular flexibility index (Phi) is 4.22. The number of aromatic nitrogens is 2. The first-order valence-corrected chi connectivity index (χ1v) is 5.47. The molecule has 0 aliphatic carbocycles. The van der Waals surface area contributed by atoms with Crippen molar-refractivity contribution in [2.75, 3.05) is 0 Å². The molecular weight excluding hydrogens is 184 g/mol. The van der Waals surface area contributed by atoms with Gasteiger partial charge in [0.25, 0.3) is 0 Å². The van der Waals surface area contributed by atoms with Crippen LogP contribution in [0, 0.1) is 0 Å². The summed E-state index contributed by atoms with van der Waals surface area (Å²) in [4.78, 5) is 8.46. The van der Waals surface area contributed by atoms with Crippen molar-refractivity contribution in [1.82, 2.24) is 9.97 Å². The Morgan fingerprint density at radius 3 is 2.47 bits per heavy atom. The van der Waals surface area contributed by atoms with Crippen LogP contribution in [0.1, 0.15) is 39.3 Å². The highest BCUT2D eigenvalue weighted by atomic mass is 14.7. The highest BCUT2D eigenvalue weighted by Crippen LogP contribution is 2.17. The largest absolute Gasteiger partial charge is 0.264 e. The van der Waals surface area contributed by atoms with Gasteiger partial charge >= 0.3 is 0 Å². The fraction of sp³-hybridized carbons (Fsp3) is 0.385. The predicted octanol–water partition coefficient (Wildman–Crippen LogP) is 3.78. The first kappa shape index (κ1) is 11.6. The van der Waals surface area contributed by atoms with Crippen molar-refractivity contribution in [2.24, 2.45) is 0 Å². The molecule has 15 heavy (non-hydrogen) atoms. The molecule has 2 heterocycles. The molecule has 0 atom stereocenters. The molecule has 2 aromatic heterocycles. The SMILES string of the molecule is CC.CC(C)c1cc2cnccc2cn1. The Morgan fingerprint density at radius 2 is 1.80 bits per heavy atom. The zero-order valence-electron chi connectivity index (χ0n) is 9.86. The quantitative estimate of drug-likeness (QED) is 0.703. The van der Waals surface area contributed by atoms with E-state index in [2.05, 4.69) is 29.9 Å². The second kappa shape index (κ2) is 5.44. The first-order chi connectivity index (χ1) is 7.27. The zero-order valence-corrected chi connectivity index (χ0v) is 9.86. The van der Waals surface area contributed by atoms with Gasteiger partial charge < -0.3 is 0 Å². The average Bonchev–Trinajstić information content (AvgIpc) is 2.31. The van der Waals surface area contributed by atoms with Gasteiger partial charge in [-0.25, -0.2) is 0 Å². The molecule has 0 radical (unpaired) electrons. The van der Waals surface area contributed by atoms with Gasteiger partial charge in [-0.15, -0.1) is 0 Å². The van der Waals surface area contributed by atoms with Crippen LogP contribution in [-0.2, 0) is 0 Å². The van der Waals surface area contributed by atoms with E-state index in [1.54, 1.807) is 6.20 Å². The molecule has 0 amide bonds. The molecule has 0 fully saturated rings. The van der Waals surface area contributed by atoms with Gasteiger partial charge in [0.1, 0.15) is 0 Å². The topological polar surface area (TPSA) is 25.8 Å². The van der Waals surface area contributed by atoms with Crippen LogP contribution in [0.2, 0.25) is 0 Å². The third-order valence-corrected chi connectivity index (χ3v) is 2.13. The lowest BCUT2D eigenvalue weighted by molar-refractivity contribution is 0.826. The second-order valence-electron chi connectivity index (χ2n) is 3.49. The van der Waals surface area contributed by atoms with E-state index in [9.17, 15) is 0 Å². The molecule has 2 aromatic rings. The van der Waals surface area contributed by atoms with Gasteiger partial charge in [0.2, 0.25) is 0 Å². The van der Waals surface area contributed by atoms with Crippen molar-refractivity contribution in [2.45, 2.75) is 33.6 Å². The van der Waals surface area contributed by atoms with Gasteiger partial charge in [0.05, 0.1) is 0 Å². The minimum Gasteiger partial charge on any atom is -0.264 e. The van der Waals surface area contributed by atoms with E-state index in [4.69, 9.17) is 0 Å². The molecule has 0 saturated heterocycles. The van der Waals surface area contributed by atoms with Crippen LogP contribution in [0.15, 0.2) is 30.7 Å². The molecule has 80 valence electrons. The fourth-order valence-corrected chi connectivity index (χ4v) is 1.31. The maximum Gasteiger partial charge on any atom is 0.0435 e. The van der Waals surface area contributed by atoms with Crippen LogP contribution < -0.4 is 0 Å². The Balaban J connectivity index is 0.000000531. The summed E-state index contributed by atoms with van der Waals surface area (Å²) in [5.41, 5.74) is 1.13. The van der Waals surface area contributed by atoms with Gasteiger partial charge in [-0.3, -0.25) is 9.97 Å². The molecule has 0 spiro atoms. The third-order valence-electron chi connectivity index (χ3n) is 2.13. The highest BCUT2D eigenvalue weighted by Gasteiger charge is 2.01. The Morgan fingerprint density at radius 1 is 1.07 bits per heavy atom. The highest BCUT2D eigenvalue weighted by molar-refractivity contribution is 5.80. The van der Waals surface area contributed by atoms with E-state index in [-0.39, 0.29) is 0 Å². The van der Waals surface area contributed by atoms with Crippen molar-refractivity contribution in [3.63, 3.8) is 0 Å². The number of nitrogens with zero attached hydrogens (tertiary/aromatic N) is 2. The maximum absolute atomic E-state index is 4.38. The van der Waals surface area contributed by atoms with Gasteiger partial charge in [-0.1, -0.05) is 27.7 Å². The summed E-state index contributed by atoms with van der Waals surface area (Å²) in [6, 6.07) is 4.08. The van der Waals surface area contributed by atoms with Crippen LogP contribution in [-0.4, -0.2) is 9.97 Å². The number of hydrogen-bond donors (Lipinski definition) is 0. The van der Waals surface area contributed by atoms with Crippen LogP contribution in [0.5, 0.6) is 0 Å². The van der Waals surface area contributed by atoms with Gasteiger partial charge in [0, 0.05) is 35.1 Å². The normalized spacial score (nSPS) is 9.93. The summed E-state index contributed by atoms with van der Waals surface area (Å²) in [5.74, 6) is 0.476. The molecule has 2 heteroatoms. The summed E-state index contributed by atoms with van der Waals surface area (Å²) < 4.78 is 0. The molecule has 0 aromatic carbocycles. The lowest BCUT2D eigenvalue weighted by Gasteiger charge is -2.04. The summed E-state index contributed by atoms with van der Waals surface area (Å²) in [6.45, 7) is 8.29. The summed E-state index contributed by atoms with van der Waals surface area (Å²) in [5, 5.41) is 2.32. The predicted molar refractivity (Wildman–Crippen MR) is 65.0 cm³/mol. The Bertz CT molecular complexity index is 422. The maximum atomic E-state index is 4.38. The number of rotatable bonds is 1. The van der Waals surface area contributed by atoms with E-state index < -0.39 is 0 Å². The molecule has 0 saturated carbocycles. The molecule has 0 bridgehead atoms. The fourth-order valence-electron chi connectivity index (χ4n) is 1.31. The van der Waals surface area contributed by atoms with Crippen molar-refractivity contribution in [1.29, 1.82) is 0 Å². The molecule has 0 N–H and O–H groups in total. The van der Waals surface area contributed by atoms with E-state index in [1.165, 1.54) is 5.39 Å². The summed E-state index contributed by atoms with van der Waals surface area (Å²) in [6.07, 6.45) is 5.58. The Hall–Kier alpha value is -1.44. The van der Waals surface area contributed by atoms with Crippen molar-refractivity contribution < 1.29 is 0 Å². The van der Waals surface area contributed by atoms with Gasteiger partial charge in [-0.05, 0) is 18.1 Å². The molecule has 2 rings (SSSR count). The van der Waals surface area contributed by atoms with Crippen LogP contribution in [0.4, 0.5) is 0 Å². The van der Waals surface area contributed by atoms with Crippen molar-refractivity contribution >= 4 is 10.8 Å². The molecule has 2 nitrogen and oxygen atoms in total. The van der Waals surface area contributed by atoms with E-state index >= 15 is 0 Å². The number of fused-ring (bicyclic) bond motifs is 1. The van der Waals surface area contributed by atoms with E-state index in [0.29, 0.717) is 5.92 Å². The smallest absolute Gasteiger partial charge is 0.0435 e. The van der Waals surface area contributed by atoms with Crippen LogP contribution in [0.25, 0.3) is 10.8 Å². The molecule has 0 aliphatic rings. The van der Waals surface area contributed by atoms with Crippen molar-refractivity contribution in [3.05, 3.63) is 36.4 Å². The van der Waals surface area contributed by atoms with Crippen LogP contribution in [0.3, 0.4) is 0 Å². The van der Waals surface area contributed by atoms with Crippen molar-refractivity contribution in [3.8, 4) is 0 Å². The number of pyridine rings is 2. The van der Waals surface area contributed by atoms with Crippen LogP contribution >= 0.6 is 0 Å². The molecule has 0 aliphatic heterocycles. The molecular formula is C13H18N2. The minimum absolute atomic E-state index is 0.476. The summed E-state index contributed by atoms with van der Waals surface area (Å²) >= 11 is 0. The number of hydrogen-bond acceptors (Lipinski definition) is 2. The van der Waals surface area contributed by atoms with Gasteiger partial charge in [-0.2, -0.15) is 0 Å². The standard InChI is InChI=1S/C11H12N2.C2H6/c1-8(2)11-5-10-6-12-4-3-9(10)7-13-11;1-2/h3-8H,1-2H3;1-2H3. The van der Waals surface area contributed by atoms with E-state index in [1.807, 2.05) is 32.3 Å². The third kappa shape index (κ3) is 2.75.